The van der Waals surface area contributed by atoms with E-state index in [2.05, 4.69) is 28.8 Å². The van der Waals surface area contributed by atoms with Gasteiger partial charge in [-0.15, -0.1) is 11.7 Å². The molecule has 1 aliphatic heterocycles. The summed E-state index contributed by atoms with van der Waals surface area (Å²) >= 11 is 6.46. The monoisotopic (exact) mass is 380 g/mol. The lowest BCUT2D eigenvalue weighted by molar-refractivity contribution is 0.0888. The van der Waals surface area contributed by atoms with Crippen molar-refractivity contribution < 1.29 is 4.79 Å². The van der Waals surface area contributed by atoms with Crippen LogP contribution in [0.4, 0.5) is 5.82 Å². The zero-order valence-electron chi connectivity index (χ0n) is 15.2. The van der Waals surface area contributed by atoms with Crippen molar-refractivity contribution in [1.29, 1.82) is 0 Å². The van der Waals surface area contributed by atoms with Crippen LogP contribution < -0.4 is 5.32 Å². The van der Waals surface area contributed by atoms with Crippen molar-refractivity contribution in [3.05, 3.63) is 82.1 Å². The van der Waals surface area contributed by atoms with Gasteiger partial charge in [0.2, 0.25) is 5.91 Å². The highest BCUT2D eigenvalue weighted by molar-refractivity contribution is 6.31. The van der Waals surface area contributed by atoms with Crippen LogP contribution in [0.1, 0.15) is 54.4 Å². The molecule has 1 N–H and O–H groups in total. The fourth-order valence-corrected chi connectivity index (χ4v) is 3.53. The van der Waals surface area contributed by atoms with E-state index in [1.54, 1.807) is 12.3 Å². The third-order valence-electron chi connectivity index (χ3n) is 4.56. The van der Waals surface area contributed by atoms with Crippen molar-refractivity contribution >= 4 is 23.3 Å². The SMILES string of the molecule is [C-]#[N+]C1=C(CCC)Nc2nn(C(=O)CCC=C)cc2C1c1ccccc1Cl. The molecule has 1 atom stereocenters. The van der Waals surface area contributed by atoms with Crippen molar-refractivity contribution in [1.82, 2.24) is 9.78 Å². The third kappa shape index (κ3) is 3.67. The van der Waals surface area contributed by atoms with Gasteiger partial charge in [0.05, 0.1) is 12.5 Å². The first-order valence-corrected chi connectivity index (χ1v) is 9.34. The van der Waals surface area contributed by atoms with E-state index in [1.807, 2.05) is 24.3 Å². The average Bonchev–Trinajstić information content (AvgIpc) is 3.09. The van der Waals surface area contributed by atoms with Crippen molar-refractivity contribution in [2.75, 3.05) is 5.32 Å². The molecule has 1 aromatic carbocycles. The summed E-state index contributed by atoms with van der Waals surface area (Å²) in [5.74, 6) is 0.170. The normalized spacial score (nSPS) is 15.7. The maximum Gasteiger partial charge on any atom is 0.247 e. The largest absolute Gasteiger partial charge is 0.352 e. The highest BCUT2D eigenvalue weighted by atomic mass is 35.5. The molecule has 2 aromatic rings. The number of anilines is 1. The van der Waals surface area contributed by atoms with E-state index < -0.39 is 0 Å². The van der Waals surface area contributed by atoms with Gasteiger partial charge in [-0.25, -0.2) is 9.53 Å². The van der Waals surface area contributed by atoms with Crippen LogP contribution in [0, 0.1) is 6.57 Å². The average molecular weight is 381 g/mol. The molecule has 0 aliphatic carbocycles. The van der Waals surface area contributed by atoms with Crippen molar-refractivity contribution in [2.45, 2.75) is 38.5 Å². The van der Waals surface area contributed by atoms with Gasteiger partial charge in [0.15, 0.2) is 11.5 Å². The number of allylic oxidation sites excluding steroid dienone is 3. The van der Waals surface area contributed by atoms with Gasteiger partial charge >= 0.3 is 0 Å². The van der Waals surface area contributed by atoms with Gasteiger partial charge in [-0.1, -0.05) is 49.2 Å². The highest BCUT2D eigenvalue weighted by Crippen LogP contribution is 2.44. The van der Waals surface area contributed by atoms with Gasteiger partial charge in [-0.3, -0.25) is 4.79 Å². The molecular weight excluding hydrogens is 360 g/mol. The van der Waals surface area contributed by atoms with Crippen LogP contribution in [0.5, 0.6) is 0 Å². The highest BCUT2D eigenvalue weighted by Gasteiger charge is 2.33. The van der Waals surface area contributed by atoms with E-state index in [-0.39, 0.29) is 11.8 Å². The molecule has 0 saturated heterocycles. The van der Waals surface area contributed by atoms with Gasteiger partial charge in [0, 0.05) is 28.9 Å². The number of hydrogen-bond acceptors (Lipinski definition) is 3. The molecule has 6 heteroatoms. The van der Waals surface area contributed by atoms with Crippen LogP contribution in [-0.2, 0) is 0 Å². The van der Waals surface area contributed by atoms with Gasteiger partial charge in [-0.2, -0.15) is 0 Å². The molecule has 138 valence electrons. The Bertz CT molecular complexity index is 951. The Hall–Kier alpha value is -2.84. The summed E-state index contributed by atoms with van der Waals surface area (Å²) in [7, 11) is 0. The van der Waals surface area contributed by atoms with Crippen molar-refractivity contribution in [3.63, 3.8) is 0 Å². The molecule has 0 amide bonds. The molecule has 0 bridgehead atoms. The van der Waals surface area contributed by atoms with E-state index in [9.17, 15) is 4.79 Å². The number of benzene rings is 1. The summed E-state index contributed by atoms with van der Waals surface area (Å²) in [6, 6.07) is 7.51. The Morgan fingerprint density at radius 1 is 1.44 bits per heavy atom. The smallest absolute Gasteiger partial charge is 0.247 e. The zero-order valence-corrected chi connectivity index (χ0v) is 16.0. The molecule has 3 rings (SSSR count). The first-order valence-electron chi connectivity index (χ1n) is 8.96. The predicted octanol–water partition coefficient (Wildman–Crippen LogP) is 5.63. The van der Waals surface area contributed by atoms with Crippen LogP contribution in [0.2, 0.25) is 5.02 Å². The van der Waals surface area contributed by atoms with Crippen LogP contribution in [0.3, 0.4) is 0 Å². The number of halogens is 1. The molecule has 1 aliphatic rings. The number of aromatic nitrogens is 2. The molecule has 27 heavy (non-hydrogen) atoms. The molecule has 0 radical (unpaired) electrons. The maximum absolute atomic E-state index is 12.4. The van der Waals surface area contributed by atoms with Gasteiger partial charge < -0.3 is 5.32 Å². The maximum atomic E-state index is 12.4. The summed E-state index contributed by atoms with van der Waals surface area (Å²) in [6.45, 7) is 13.5. The minimum atomic E-state index is -0.338. The molecule has 0 fully saturated rings. The molecule has 1 unspecified atom stereocenters. The minimum Gasteiger partial charge on any atom is -0.352 e. The van der Waals surface area contributed by atoms with Crippen LogP contribution >= 0.6 is 11.6 Å². The number of hydrogen-bond donors (Lipinski definition) is 1. The number of carbonyl (C=O) groups excluding carboxylic acids is 1. The Morgan fingerprint density at radius 2 is 2.22 bits per heavy atom. The number of nitrogens with zero attached hydrogens (tertiary/aromatic N) is 3. The summed E-state index contributed by atoms with van der Waals surface area (Å²) in [5.41, 5.74) is 3.09. The van der Waals surface area contributed by atoms with E-state index >= 15 is 0 Å². The molecule has 1 aromatic heterocycles. The Morgan fingerprint density at radius 3 is 2.89 bits per heavy atom. The first kappa shape index (κ1) is 18.9. The van der Waals surface area contributed by atoms with Gasteiger partial charge in [0.1, 0.15) is 0 Å². The summed E-state index contributed by atoms with van der Waals surface area (Å²) in [5, 5.41) is 8.32. The third-order valence-corrected chi connectivity index (χ3v) is 4.90. The standard InChI is InChI=1S/C21H21ClN4O/c1-4-6-12-18(27)26-13-15-19(14-10-7-8-11-16(14)22)20(23-3)17(9-5-2)24-21(15)25-26/h4,7-8,10-11,13,19H,1,5-6,9,12H2,2H3,(H,24,25). The summed E-state index contributed by atoms with van der Waals surface area (Å²) in [4.78, 5) is 16.2. The van der Waals surface area contributed by atoms with E-state index in [4.69, 9.17) is 18.2 Å². The number of rotatable bonds is 6. The van der Waals surface area contributed by atoms with Gasteiger partial charge in [0.25, 0.3) is 0 Å². The summed E-state index contributed by atoms with van der Waals surface area (Å²) < 4.78 is 1.36. The van der Waals surface area contributed by atoms with Crippen molar-refractivity contribution in [2.24, 2.45) is 0 Å². The Kier molecular flexibility index (Phi) is 5.78. The first-order chi connectivity index (χ1) is 13.1. The second kappa shape index (κ2) is 8.24. The van der Waals surface area contributed by atoms with Gasteiger partial charge in [-0.05, 0) is 24.5 Å². The van der Waals surface area contributed by atoms with Crippen LogP contribution in [0.25, 0.3) is 4.85 Å². The Balaban J connectivity index is 2.13. The summed E-state index contributed by atoms with van der Waals surface area (Å²) in [6.07, 6.45) is 5.99. The second-order valence-corrected chi connectivity index (χ2v) is 6.81. The molecular formula is C21H21ClN4O. The lowest BCUT2D eigenvalue weighted by atomic mass is 9.86. The predicted molar refractivity (Wildman–Crippen MR) is 108 cm³/mol. The Labute approximate surface area is 164 Å². The van der Waals surface area contributed by atoms with E-state index in [1.165, 1.54) is 4.68 Å². The fourth-order valence-electron chi connectivity index (χ4n) is 3.29. The number of carbonyl (C=O) groups is 1. The number of nitrogens with one attached hydrogen (secondary N) is 1. The molecule has 5 nitrogen and oxygen atoms in total. The minimum absolute atomic E-state index is 0.106. The quantitative estimate of drug-likeness (QED) is 0.521. The molecule has 0 spiro atoms. The fraction of sp³-hybridized carbons (Fsp3) is 0.286. The lowest BCUT2D eigenvalue weighted by Crippen LogP contribution is -2.17. The van der Waals surface area contributed by atoms with Crippen LogP contribution in [0.15, 0.2) is 54.5 Å². The van der Waals surface area contributed by atoms with E-state index in [0.29, 0.717) is 29.4 Å². The zero-order chi connectivity index (χ0) is 19.4. The van der Waals surface area contributed by atoms with Crippen molar-refractivity contribution in [3.8, 4) is 0 Å². The lowest BCUT2D eigenvalue weighted by Gasteiger charge is -2.26. The topological polar surface area (TPSA) is 51.3 Å². The second-order valence-electron chi connectivity index (χ2n) is 6.40. The van der Waals surface area contributed by atoms with Crippen LogP contribution in [-0.4, -0.2) is 15.7 Å². The number of fused-ring (bicyclic) bond motifs is 1. The molecule has 2 heterocycles. The molecule has 0 saturated carbocycles. The van der Waals surface area contributed by atoms with E-state index in [0.717, 1.165) is 29.7 Å².